The molecule has 128 valence electrons. The average molecular weight is 378 g/mol. The lowest BCUT2D eigenvalue weighted by atomic mass is 10.2. The normalized spacial score (nSPS) is 16.8. The monoisotopic (exact) mass is 377 g/mol. The molecule has 0 spiro atoms. The molecule has 0 aliphatic carbocycles. The van der Waals surface area contributed by atoms with Crippen LogP contribution in [0.4, 0.5) is 0 Å². The van der Waals surface area contributed by atoms with E-state index in [-0.39, 0.29) is 17.5 Å². The van der Waals surface area contributed by atoms with E-state index in [1.54, 1.807) is 37.4 Å². The van der Waals surface area contributed by atoms with E-state index in [9.17, 15) is 8.42 Å². The number of ether oxygens (including phenoxy) is 2. The Morgan fingerprint density at radius 3 is 2.76 bits per heavy atom. The molecule has 2 aliphatic rings. The second-order valence-corrected chi connectivity index (χ2v) is 7.36. The van der Waals surface area contributed by atoms with Crippen molar-refractivity contribution >= 4 is 33.7 Å². The second kappa shape index (κ2) is 5.75. The van der Waals surface area contributed by atoms with Gasteiger partial charge in [-0.05, 0) is 18.2 Å². The lowest BCUT2D eigenvalue weighted by molar-refractivity contribution is 0.174. The third-order valence-electron chi connectivity index (χ3n) is 3.78. The van der Waals surface area contributed by atoms with Gasteiger partial charge in [0.2, 0.25) is 6.79 Å². The highest BCUT2D eigenvalue weighted by molar-refractivity contribution is 7.90. The van der Waals surface area contributed by atoms with Gasteiger partial charge in [0.25, 0.3) is 10.0 Å². The summed E-state index contributed by atoms with van der Waals surface area (Å²) in [5.41, 5.74) is 1.13. The molecule has 25 heavy (non-hydrogen) atoms. The van der Waals surface area contributed by atoms with Crippen LogP contribution >= 0.6 is 11.6 Å². The molecular weight excluding hydrogens is 366 g/mol. The van der Waals surface area contributed by atoms with E-state index in [1.807, 2.05) is 0 Å². The van der Waals surface area contributed by atoms with Gasteiger partial charge in [0.15, 0.2) is 17.3 Å². The first-order valence-electron chi connectivity index (χ1n) is 7.27. The molecular formula is C16H12ClN3O4S. The minimum atomic E-state index is -3.69. The van der Waals surface area contributed by atoms with Crippen LogP contribution in [0.25, 0.3) is 0 Å². The number of hydrazone groups is 1. The number of rotatable bonds is 2. The summed E-state index contributed by atoms with van der Waals surface area (Å²) in [6.07, 6.45) is 1.51. The number of hydrogen-bond donors (Lipinski definition) is 0. The maximum absolute atomic E-state index is 12.1. The molecule has 0 bridgehead atoms. The Morgan fingerprint density at radius 2 is 1.96 bits per heavy atom. The van der Waals surface area contributed by atoms with E-state index in [0.717, 1.165) is 0 Å². The third-order valence-corrected chi connectivity index (χ3v) is 5.43. The Bertz CT molecular complexity index is 1030. The molecule has 7 nitrogen and oxygen atoms in total. The summed E-state index contributed by atoms with van der Waals surface area (Å²) >= 11 is 6.21. The Hall–Kier alpha value is -2.58. The van der Waals surface area contributed by atoms with Crippen LogP contribution in [0.3, 0.4) is 0 Å². The fraction of sp³-hybridized carbons (Fsp3) is 0.125. The number of halogens is 1. The van der Waals surface area contributed by atoms with Gasteiger partial charge in [0.1, 0.15) is 4.90 Å². The lowest BCUT2D eigenvalue weighted by Gasteiger charge is -2.12. The van der Waals surface area contributed by atoms with Gasteiger partial charge in [-0.25, -0.2) is 5.01 Å². The van der Waals surface area contributed by atoms with Crippen LogP contribution in [0.5, 0.6) is 11.5 Å². The largest absolute Gasteiger partial charge is 0.454 e. The van der Waals surface area contributed by atoms with Gasteiger partial charge in [0.05, 0.1) is 11.2 Å². The van der Waals surface area contributed by atoms with Gasteiger partial charge in [-0.3, -0.25) is 0 Å². The van der Waals surface area contributed by atoms with Gasteiger partial charge >= 0.3 is 0 Å². The summed E-state index contributed by atoms with van der Waals surface area (Å²) in [5.74, 6) is 1.42. The van der Waals surface area contributed by atoms with Crippen LogP contribution in [0.15, 0.2) is 50.8 Å². The van der Waals surface area contributed by atoms with Crippen molar-refractivity contribution in [1.82, 2.24) is 5.01 Å². The van der Waals surface area contributed by atoms with Crippen LogP contribution in [0, 0.1) is 0 Å². The van der Waals surface area contributed by atoms with Crippen molar-refractivity contribution < 1.29 is 17.9 Å². The molecule has 2 aromatic rings. The summed E-state index contributed by atoms with van der Waals surface area (Å²) in [7, 11) is -2.07. The number of fused-ring (bicyclic) bond motifs is 2. The van der Waals surface area contributed by atoms with E-state index in [0.29, 0.717) is 27.6 Å². The molecule has 0 radical (unpaired) electrons. The molecule has 2 heterocycles. The van der Waals surface area contributed by atoms with Gasteiger partial charge in [-0.2, -0.15) is 13.5 Å². The average Bonchev–Trinajstić information content (AvgIpc) is 3.14. The Labute approximate surface area is 149 Å². The Morgan fingerprint density at radius 1 is 1.24 bits per heavy atom. The Kier molecular flexibility index (Phi) is 3.66. The fourth-order valence-corrected chi connectivity index (χ4v) is 3.99. The zero-order valence-electron chi connectivity index (χ0n) is 13.0. The maximum Gasteiger partial charge on any atom is 0.285 e. The number of nitrogens with zero attached hydrogens (tertiary/aromatic N) is 3. The van der Waals surface area contributed by atoms with Gasteiger partial charge in [0, 0.05) is 24.2 Å². The molecule has 0 saturated heterocycles. The van der Waals surface area contributed by atoms with E-state index >= 15 is 0 Å². The highest BCUT2D eigenvalue weighted by Gasteiger charge is 2.30. The van der Waals surface area contributed by atoms with Crippen molar-refractivity contribution in [2.75, 3.05) is 13.8 Å². The molecule has 2 aliphatic heterocycles. The van der Waals surface area contributed by atoms with Crippen molar-refractivity contribution in [2.45, 2.75) is 4.90 Å². The summed E-state index contributed by atoms with van der Waals surface area (Å²) in [6, 6.07) is 9.99. The predicted molar refractivity (Wildman–Crippen MR) is 93.1 cm³/mol. The molecule has 0 atom stereocenters. The van der Waals surface area contributed by atoms with Gasteiger partial charge < -0.3 is 9.47 Å². The van der Waals surface area contributed by atoms with Gasteiger partial charge in [-0.1, -0.05) is 23.7 Å². The van der Waals surface area contributed by atoms with Crippen LogP contribution in [0.2, 0.25) is 5.02 Å². The molecule has 0 saturated carbocycles. The van der Waals surface area contributed by atoms with Crippen molar-refractivity contribution in [3.8, 4) is 11.5 Å². The highest BCUT2D eigenvalue weighted by atomic mass is 35.5. The van der Waals surface area contributed by atoms with E-state index in [1.165, 1.54) is 17.3 Å². The number of benzene rings is 2. The summed E-state index contributed by atoms with van der Waals surface area (Å²) in [5, 5.41) is 6.10. The molecule has 9 heteroatoms. The van der Waals surface area contributed by atoms with Crippen LogP contribution in [-0.4, -0.2) is 39.3 Å². The van der Waals surface area contributed by atoms with E-state index in [2.05, 4.69) is 9.50 Å². The maximum atomic E-state index is 12.1. The summed E-state index contributed by atoms with van der Waals surface area (Å²) in [6.45, 7) is 0.150. The molecule has 2 aromatic carbocycles. The number of amidine groups is 1. The Balaban J connectivity index is 1.65. The quantitative estimate of drug-likeness (QED) is 0.593. The first-order valence-corrected chi connectivity index (χ1v) is 9.09. The highest BCUT2D eigenvalue weighted by Crippen LogP contribution is 2.36. The fourth-order valence-electron chi connectivity index (χ4n) is 2.56. The van der Waals surface area contributed by atoms with Crippen molar-refractivity contribution in [3.05, 3.63) is 52.5 Å². The second-order valence-electron chi connectivity index (χ2n) is 5.38. The standard InChI is InChI=1S/C16H12ClN3O4S/c1-20(16-11-4-2-3-5-15(11)25(21,22)19-16)18-8-10-6-13-14(7-12(10)17)24-9-23-13/h2-8H,9H2,1H3/b18-8+. The summed E-state index contributed by atoms with van der Waals surface area (Å²) < 4.78 is 38.6. The van der Waals surface area contributed by atoms with Crippen LogP contribution in [-0.2, 0) is 10.0 Å². The minimum Gasteiger partial charge on any atom is -0.454 e. The predicted octanol–water partition coefficient (Wildman–Crippen LogP) is 2.48. The third kappa shape index (κ3) is 2.73. The van der Waals surface area contributed by atoms with Crippen molar-refractivity contribution in [3.63, 3.8) is 0 Å². The van der Waals surface area contributed by atoms with Crippen molar-refractivity contribution in [1.29, 1.82) is 0 Å². The van der Waals surface area contributed by atoms with E-state index < -0.39 is 10.0 Å². The first-order chi connectivity index (χ1) is 12.0. The summed E-state index contributed by atoms with van der Waals surface area (Å²) in [4.78, 5) is 0.174. The number of sulfonamides is 1. The van der Waals surface area contributed by atoms with Crippen LogP contribution in [0.1, 0.15) is 11.1 Å². The van der Waals surface area contributed by atoms with Gasteiger partial charge in [-0.15, -0.1) is 4.40 Å². The molecule has 4 rings (SSSR count). The topological polar surface area (TPSA) is 80.6 Å². The first kappa shape index (κ1) is 15.9. The van der Waals surface area contributed by atoms with Crippen molar-refractivity contribution in [2.24, 2.45) is 9.50 Å². The molecule has 0 fully saturated rings. The van der Waals surface area contributed by atoms with Crippen LogP contribution < -0.4 is 9.47 Å². The van der Waals surface area contributed by atoms with E-state index in [4.69, 9.17) is 21.1 Å². The smallest absolute Gasteiger partial charge is 0.285 e. The zero-order valence-corrected chi connectivity index (χ0v) is 14.6. The zero-order chi connectivity index (χ0) is 17.6. The minimum absolute atomic E-state index is 0.150. The molecule has 0 amide bonds. The molecule has 0 aromatic heterocycles. The number of hydrogen-bond acceptors (Lipinski definition) is 6. The molecule has 0 N–H and O–H groups in total. The molecule has 0 unspecified atom stereocenters. The SMILES string of the molecule is CN(/N=C/c1cc2c(cc1Cl)OCO2)C1=NS(=O)(=O)c2ccccc21. The lowest BCUT2D eigenvalue weighted by Crippen LogP contribution is -2.21.